The van der Waals surface area contributed by atoms with Crippen molar-refractivity contribution in [2.75, 3.05) is 26.7 Å². The molecule has 0 spiro atoms. The second kappa shape index (κ2) is 8.94. The largest absolute Gasteiger partial charge is 0.497 e. The number of methoxy groups -OCH3 is 1. The molecule has 0 aromatic rings. The average Bonchev–Trinajstić information content (AvgIpc) is 2.45. The minimum Gasteiger partial charge on any atom is -0.497 e. The van der Waals surface area contributed by atoms with Gasteiger partial charge in [0.1, 0.15) is 5.76 Å². The van der Waals surface area contributed by atoms with Crippen LogP contribution >= 0.6 is 0 Å². The Labute approximate surface area is 117 Å². The van der Waals surface area contributed by atoms with Gasteiger partial charge in [-0.3, -0.25) is 0 Å². The third-order valence-electron chi connectivity index (χ3n) is 3.55. The summed E-state index contributed by atoms with van der Waals surface area (Å²) in [6, 6.07) is 0.645. The number of rotatable bonds is 7. The fourth-order valence-electron chi connectivity index (χ4n) is 2.15. The Morgan fingerprint density at radius 1 is 1.32 bits per heavy atom. The van der Waals surface area contributed by atoms with Gasteiger partial charge in [-0.15, -0.1) is 0 Å². The van der Waals surface area contributed by atoms with Gasteiger partial charge in [0, 0.05) is 25.7 Å². The molecule has 1 aliphatic heterocycles. The maximum atomic E-state index is 5.10. The summed E-state index contributed by atoms with van der Waals surface area (Å²) in [6.45, 7) is 11.4. The van der Waals surface area contributed by atoms with Crippen LogP contribution in [0.5, 0.6) is 0 Å². The summed E-state index contributed by atoms with van der Waals surface area (Å²) in [5.41, 5.74) is 2.49. The first-order valence-electron chi connectivity index (χ1n) is 7.15. The number of ether oxygens (including phenoxy) is 1. The third-order valence-corrected chi connectivity index (χ3v) is 3.55. The van der Waals surface area contributed by atoms with Crippen molar-refractivity contribution in [3.05, 3.63) is 35.6 Å². The van der Waals surface area contributed by atoms with Crippen LogP contribution in [0.25, 0.3) is 0 Å². The van der Waals surface area contributed by atoms with E-state index in [1.165, 1.54) is 18.4 Å². The Morgan fingerprint density at radius 3 is 2.74 bits per heavy atom. The first-order chi connectivity index (χ1) is 9.13. The predicted molar refractivity (Wildman–Crippen MR) is 82.2 cm³/mol. The highest BCUT2D eigenvalue weighted by atomic mass is 16.5. The molecule has 1 unspecified atom stereocenters. The van der Waals surface area contributed by atoms with Crippen LogP contribution in [0.15, 0.2) is 35.6 Å². The molecule has 108 valence electrons. The minimum atomic E-state index is 0.645. The molecule has 1 rings (SSSR count). The molecule has 0 bridgehead atoms. The van der Waals surface area contributed by atoms with E-state index in [0.717, 1.165) is 37.4 Å². The van der Waals surface area contributed by atoms with Gasteiger partial charge < -0.3 is 15.4 Å². The molecule has 1 heterocycles. The molecule has 1 fully saturated rings. The topological polar surface area (TPSA) is 33.3 Å². The molecule has 1 aliphatic rings. The number of allylic oxidation sites excluding steroid dienone is 4. The maximum absolute atomic E-state index is 5.10. The van der Waals surface area contributed by atoms with Crippen LogP contribution in [0.4, 0.5) is 0 Å². The lowest BCUT2D eigenvalue weighted by Crippen LogP contribution is -2.48. The van der Waals surface area contributed by atoms with Gasteiger partial charge >= 0.3 is 0 Å². The van der Waals surface area contributed by atoms with Crippen LogP contribution in [-0.4, -0.2) is 32.8 Å². The summed E-state index contributed by atoms with van der Waals surface area (Å²) in [5.74, 6) is 0.738. The number of piperazine rings is 1. The lowest BCUT2D eigenvalue weighted by molar-refractivity contribution is 0.303. The van der Waals surface area contributed by atoms with E-state index in [0.29, 0.717) is 6.04 Å². The summed E-state index contributed by atoms with van der Waals surface area (Å²) in [4.78, 5) is 0. The van der Waals surface area contributed by atoms with E-state index in [1.807, 2.05) is 6.92 Å². The quantitative estimate of drug-likeness (QED) is 0.548. The predicted octanol–water partition coefficient (Wildman–Crippen LogP) is 2.77. The zero-order valence-electron chi connectivity index (χ0n) is 12.6. The molecule has 0 aliphatic carbocycles. The van der Waals surface area contributed by atoms with E-state index in [4.69, 9.17) is 4.74 Å². The Kier molecular flexibility index (Phi) is 7.53. The highest BCUT2D eigenvalue weighted by Crippen LogP contribution is 2.12. The van der Waals surface area contributed by atoms with Crippen molar-refractivity contribution in [1.82, 2.24) is 10.6 Å². The second-order valence-corrected chi connectivity index (χ2v) is 5.24. The monoisotopic (exact) mass is 264 g/mol. The van der Waals surface area contributed by atoms with E-state index in [9.17, 15) is 0 Å². The van der Waals surface area contributed by atoms with E-state index < -0.39 is 0 Å². The molecular formula is C16H28N2O. The Bertz CT molecular complexity index is 339. The van der Waals surface area contributed by atoms with Crippen molar-refractivity contribution in [3.8, 4) is 0 Å². The normalized spacial score (nSPS) is 21.3. The smallest absolute Gasteiger partial charge is 0.114 e. The van der Waals surface area contributed by atoms with Crippen molar-refractivity contribution in [2.24, 2.45) is 0 Å². The van der Waals surface area contributed by atoms with Crippen LogP contribution in [0.1, 0.15) is 33.1 Å². The highest BCUT2D eigenvalue weighted by molar-refractivity contribution is 5.26. The summed E-state index contributed by atoms with van der Waals surface area (Å²) in [5, 5.41) is 6.97. The van der Waals surface area contributed by atoms with Gasteiger partial charge in [0.25, 0.3) is 0 Å². The molecular weight excluding hydrogens is 236 g/mol. The van der Waals surface area contributed by atoms with Gasteiger partial charge in [0.05, 0.1) is 7.11 Å². The number of nitrogens with one attached hydrogen (secondary N) is 2. The molecule has 1 atom stereocenters. The Morgan fingerprint density at radius 2 is 2.11 bits per heavy atom. The van der Waals surface area contributed by atoms with Crippen LogP contribution in [-0.2, 0) is 4.74 Å². The van der Waals surface area contributed by atoms with Gasteiger partial charge in [-0.05, 0) is 38.7 Å². The summed E-state index contributed by atoms with van der Waals surface area (Å²) in [6.07, 6.45) is 7.89. The molecule has 0 aromatic heterocycles. The number of hydrogen-bond acceptors (Lipinski definition) is 3. The zero-order valence-corrected chi connectivity index (χ0v) is 12.6. The van der Waals surface area contributed by atoms with Gasteiger partial charge in [-0.25, -0.2) is 0 Å². The minimum absolute atomic E-state index is 0.645. The summed E-state index contributed by atoms with van der Waals surface area (Å²) < 4.78 is 5.10. The molecule has 0 saturated carbocycles. The standard InChI is InChI=1S/C16H28N2O/c1-13(8-9-14(2)15(3)19-4)6-5-7-16-12-17-10-11-18-16/h8-9,16-18H,3,5-7,10-12H2,1-2,4H3/b13-8+,14-9-. The van der Waals surface area contributed by atoms with Gasteiger partial charge in [-0.2, -0.15) is 0 Å². The summed E-state index contributed by atoms with van der Waals surface area (Å²) in [7, 11) is 1.65. The van der Waals surface area contributed by atoms with E-state index in [1.54, 1.807) is 7.11 Å². The second-order valence-electron chi connectivity index (χ2n) is 5.24. The van der Waals surface area contributed by atoms with Crippen molar-refractivity contribution in [2.45, 2.75) is 39.2 Å². The van der Waals surface area contributed by atoms with Crippen LogP contribution in [0.3, 0.4) is 0 Å². The van der Waals surface area contributed by atoms with Gasteiger partial charge in [0.2, 0.25) is 0 Å². The fourth-order valence-corrected chi connectivity index (χ4v) is 2.15. The first-order valence-corrected chi connectivity index (χ1v) is 7.15. The van der Waals surface area contributed by atoms with E-state index >= 15 is 0 Å². The average molecular weight is 264 g/mol. The molecule has 0 radical (unpaired) electrons. The third kappa shape index (κ3) is 6.60. The van der Waals surface area contributed by atoms with Crippen molar-refractivity contribution in [3.63, 3.8) is 0 Å². The van der Waals surface area contributed by atoms with Crippen molar-refractivity contribution in [1.29, 1.82) is 0 Å². The SMILES string of the molecule is C=C(OC)/C(C)=C\C=C(/C)CCCC1CNCCN1. The molecule has 19 heavy (non-hydrogen) atoms. The van der Waals surface area contributed by atoms with Crippen LogP contribution in [0.2, 0.25) is 0 Å². The fraction of sp³-hybridized carbons (Fsp3) is 0.625. The van der Waals surface area contributed by atoms with Crippen LogP contribution < -0.4 is 10.6 Å². The first kappa shape index (κ1) is 16.0. The van der Waals surface area contributed by atoms with Crippen molar-refractivity contribution >= 4 is 0 Å². The molecule has 3 heteroatoms. The molecule has 0 amide bonds. The molecule has 1 saturated heterocycles. The molecule has 0 aromatic carbocycles. The zero-order chi connectivity index (χ0) is 14.1. The lowest BCUT2D eigenvalue weighted by atomic mass is 10.0. The van der Waals surface area contributed by atoms with Crippen LogP contribution in [0, 0.1) is 0 Å². The van der Waals surface area contributed by atoms with E-state index in [-0.39, 0.29) is 0 Å². The number of hydrogen-bond donors (Lipinski definition) is 2. The molecule has 3 nitrogen and oxygen atoms in total. The summed E-state index contributed by atoms with van der Waals surface area (Å²) >= 11 is 0. The van der Waals surface area contributed by atoms with E-state index in [2.05, 4.69) is 36.3 Å². The lowest BCUT2D eigenvalue weighted by Gasteiger charge is -2.24. The Hall–Kier alpha value is -1.06. The molecule has 2 N–H and O–H groups in total. The van der Waals surface area contributed by atoms with Gasteiger partial charge in [0.15, 0.2) is 0 Å². The highest BCUT2D eigenvalue weighted by Gasteiger charge is 2.10. The van der Waals surface area contributed by atoms with Gasteiger partial charge in [-0.1, -0.05) is 24.3 Å². The Balaban J connectivity index is 2.26. The maximum Gasteiger partial charge on any atom is 0.114 e. The van der Waals surface area contributed by atoms with Crippen molar-refractivity contribution < 1.29 is 4.74 Å².